The molecule has 0 spiro atoms. The van der Waals surface area contributed by atoms with Crippen LogP contribution in [-0.4, -0.2) is 34.9 Å². The van der Waals surface area contributed by atoms with E-state index in [1.807, 2.05) is 0 Å². The molecule has 0 saturated heterocycles. The van der Waals surface area contributed by atoms with E-state index in [2.05, 4.69) is 10.4 Å². The van der Waals surface area contributed by atoms with Crippen molar-refractivity contribution in [3.8, 4) is 0 Å². The number of carbonyl (C=O) groups is 1. The van der Waals surface area contributed by atoms with Crippen molar-refractivity contribution in [1.29, 1.82) is 0 Å². The molecule has 0 radical (unpaired) electrons. The summed E-state index contributed by atoms with van der Waals surface area (Å²) < 4.78 is 6.72. The Kier molecular flexibility index (Phi) is 4.55. The topological polar surface area (TPSA) is 82.2 Å². The first-order valence-corrected chi connectivity index (χ1v) is 6.71. The number of carbonyl (C=O) groups excluding carboxylic acids is 1. The molecule has 19 heavy (non-hydrogen) atoms. The number of aromatic nitrogens is 2. The zero-order valence-corrected chi connectivity index (χ0v) is 11.4. The van der Waals surface area contributed by atoms with Crippen LogP contribution in [-0.2, 0) is 16.1 Å². The minimum atomic E-state index is -0.309. The fourth-order valence-corrected chi connectivity index (χ4v) is 2.52. The van der Waals surface area contributed by atoms with Crippen molar-refractivity contribution in [3.05, 3.63) is 12.4 Å². The van der Waals surface area contributed by atoms with Gasteiger partial charge in [-0.05, 0) is 12.8 Å². The molecule has 1 aromatic heterocycles. The fraction of sp³-hybridized carbons (Fsp3) is 0.692. The van der Waals surface area contributed by atoms with E-state index in [-0.39, 0.29) is 11.4 Å². The third-order valence-electron chi connectivity index (χ3n) is 3.55. The molecular formula is C13H22N4O2. The summed E-state index contributed by atoms with van der Waals surface area (Å²) in [4.78, 5) is 11.9. The minimum Gasteiger partial charge on any atom is -0.383 e. The lowest BCUT2D eigenvalue weighted by Crippen LogP contribution is -2.40. The van der Waals surface area contributed by atoms with E-state index in [1.165, 1.54) is 0 Å². The van der Waals surface area contributed by atoms with Crippen LogP contribution in [0.2, 0.25) is 0 Å². The maximum atomic E-state index is 11.9. The lowest BCUT2D eigenvalue weighted by Gasteiger charge is -2.22. The number of anilines is 1. The highest BCUT2D eigenvalue weighted by molar-refractivity contribution is 5.91. The van der Waals surface area contributed by atoms with Gasteiger partial charge in [0.15, 0.2) is 0 Å². The summed E-state index contributed by atoms with van der Waals surface area (Å²) >= 11 is 0. The predicted octanol–water partition coefficient (Wildman–Crippen LogP) is 1.13. The Labute approximate surface area is 113 Å². The van der Waals surface area contributed by atoms with Crippen LogP contribution in [0.25, 0.3) is 0 Å². The van der Waals surface area contributed by atoms with Gasteiger partial charge in [-0.25, -0.2) is 0 Å². The number of methoxy groups -OCH3 is 1. The molecule has 6 nitrogen and oxygen atoms in total. The largest absolute Gasteiger partial charge is 0.383 e. The summed E-state index contributed by atoms with van der Waals surface area (Å²) in [6.45, 7) is 1.27. The second-order valence-electron chi connectivity index (χ2n) is 5.28. The first kappa shape index (κ1) is 14.0. The number of nitrogens with zero attached hydrogens (tertiary/aromatic N) is 2. The van der Waals surface area contributed by atoms with Gasteiger partial charge in [0, 0.05) is 25.3 Å². The molecule has 1 saturated carbocycles. The Morgan fingerprint density at radius 3 is 3.00 bits per heavy atom. The molecule has 0 bridgehead atoms. The second-order valence-corrected chi connectivity index (χ2v) is 5.28. The Morgan fingerprint density at radius 1 is 1.58 bits per heavy atom. The van der Waals surface area contributed by atoms with Crippen LogP contribution in [0.3, 0.4) is 0 Å². The SMILES string of the molecule is COCCn1cc(NC(=O)CC2(N)CCCC2)cn1. The van der Waals surface area contributed by atoms with Crippen molar-refractivity contribution in [2.24, 2.45) is 5.73 Å². The first-order chi connectivity index (χ1) is 9.11. The van der Waals surface area contributed by atoms with Crippen LogP contribution in [0.1, 0.15) is 32.1 Å². The maximum Gasteiger partial charge on any atom is 0.226 e. The molecule has 1 aliphatic carbocycles. The number of rotatable bonds is 6. The standard InChI is InChI=1S/C13H22N4O2/c1-19-7-6-17-10-11(9-15-17)16-12(18)8-13(14)4-2-3-5-13/h9-10H,2-8,14H2,1H3,(H,16,18). The molecule has 1 amide bonds. The van der Waals surface area contributed by atoms with Crippen molar-refractivity contribution in [2.45, 2.75) is 44.2 Å². The van der Waals surface area contributed by atoms with Crippen molar-refractivity contribution in [1.82, 2.24) is 9.78 Å². The van der Waals surface area contributed by atoms with Crippen LogP contribution in [0.4, 0.5) is 5.69 Å². The highest BCUT2D eigenvalue weighted by Gasteiger charge is 2.31. The molecule has 3 N–H and O–H groups in total. The molecule has 0 unspecified atom stereocenters. The van der Waals surface area contributed by atoms with Gasteiger partial charge < -0.3 is 15.8 Å². The second kappa shape index (κ2) is 6.16. The molecule has 1 aromatic rings. The monoisotopic (exact) mass is 266 g/mol. The zero-order chi connectivity index (χ0) is 13.7. The highest BCUT2D eigenvalue weighted by atomic mass is 16.5. The third kappa shape index (κ3) is 4.04. The number of amides is 1. The Morgan fingerprint density at radius 2 is 2.32 bits per heavy atom. The van der Waals surface area contributed by atoms with Crippen LogP contribution in [0, 0.1) is 0 Å². The summed E-state index contributed by atoms with van der Waals surface area (Å²) in [7, 11) is 1.65. The quantitative estimate of drug-likeness (QED) is 0.808. The van der Waals surface area contributed by atoms with E-state index in [0.29, 0.717) is 25.3 Å². The van der Waals surface area contributed by atoms with Crippen LogP contribution >= 0.6 is 0 Å². The average Bonchev–Trinajstić information content (AvgIpc) is 2.96. The molecule has 106 valence electrons. The first-order valence-electron chi connectivity index (χ1n) is 6.71. The number of nitrogens with one attached hydrogen (secondary N) is 1. The van der Waals surface area contributed by atoms with Crippen LogP contribution in [0.5, 0.6) is 0 Å². The van der Waals surface area contributed by atoms with Gasteiger partial charge in [-0.1, -0.05) is 12.8 Å². The fourth-order valence-electron chi connectivity index (χ4n) is 2.52. The maximum absolute atomic E-state index is 11.9. The van der Waals surface area contributed by atoms with E-state index in [0.717, 1.165) is 25.7 Å². The minimum absolute atomic E-state index is 0.0318. The molecule has 0 aromatic carbocycles. The van der Waals surface area contributed by atoms with Crippen molar-refractivity contribution in [3.63, 3.8) is 0 Å². The summed E-state index contributed by atoms with van der Waals surface area (Å²) in [5.41, 5.74) is 6.59. The van der Waals surface area contributed by atoms with Gasteiger partial charge in [0.25, 0.3) is 0 Å². The normalized spacial score (nSPS) is 17.6. The molecule has 2 rings (SSSR count). The Bertz CT molecular complexity index is 424. The summed E-state index contributed by atoms with van der Waals surface area (Å²) in [5.74, 6) is -0.0318. The van der Waals surface area contributed by atoms with Gasteiger partial charge >= 0.3 is 0 Å². The summed E-state index contributed by atoms with van der Waals surface area (Å²) in [6.07, 6.45) is 7.95. The third-order valence-corrected chi connectivity index (χ3v) is 3.55. The lowest BCUT2D eigenvalue weighted by atomic mass is 9.94. The number of nitrogens with two attached hydrogens (primary N) is 1. The van der Waals surface area contributed by atoms with E-state index in [9.17, 15) is 4.79 Å². The molecule has 6 heteroatoms. The van der Waals surface area contributed by atoms with Crippen molar-refractivity contribution in [2.75, 3.05) is 19.0 Å². The van der Waals surface area contributed by atoms with E-state index in [4.69, 9.17) is 10.5 Å². The molecule has 1 fully saturated rings. The summed E-state index contributed by atoms with van der Waals surface area (Å²) in [5, 5.41) is 6.99. The van der Waals surface area contributed by atoms with Gasteiger partial charge in [0.2, 0.25) is 5.91 Å². The van der Waals surface area contributed by atoms with E-state index >= 15 is 0 Å². The predicted molar refractivity (Wildman–Crippen MR) is 72.7 cm³/mol. The Balaban J connectivity index is 1.83. The number of hydrogen-bond donors (Lipinski definition) is 2. The van der Waals surface area contributed by atoms with Gasteiger partial charge in [-0.3, -0.25) is 9.48 Å². The molecular weight excluding hydrogens is 244 g/mol. The summed E-state index contributed by atoms with van der Waals surface area (Å²) in [6, 6.07) is 0. The smallest absolute Gasteiger partial charge is 0.226 e. The molecule has 0 aliphatic heterocycles. The highest BCUT2D eigenvalue weighted by Crippen LogP contribution is 2.30. The Hall–Kier alpha value is -1.40. The lowest BCUT2D eigenvalue weighted by molar-refractivity contribution is -0.117. The zero-order valence-electron chi connectivity index (χ0n) is 11.4. The molecule has 0 atom stereocenters. The van der Waals surface area contributed by atoms with Crippen molar-refractivity contribution < 1.29 is 9.53 Å². The van der Waals surface area contributed by atoms with Crippen LogP contribution < -0.4 is 11.1 Å². The van der Waals surface area contributed by atoms with Gasteiger partial charge in [-0.15, -0.1) is 0 Å². The van der Waals surface area contributed by atoms with E-state index < -0.39 is 0 Å². The van der Waals surface area contributed by atoms with Crippen LogP contribution in [0.15, 0.2) is 12.4 Å². The number of hydrogen-bond acceptors (Lipinski definition) is 4. The molecule has 1 aliphatic rings. The van der Waals surface area contributed by atoms with Gasteiger partial charge in [0.05, 0.1) is 25.0 Å². The van der Waals surface area contributed by atoms with E-state index in [1.54, 1.807) is 24.2 Å². The number of ether oxygens (including phenoxy) is 1. The van der Waals surface area contributed by atoms with Crippen molar-refractivity contribution >= 4 is 11.6 Å². The van der Waals surface area contributed by atoms with Gasteiger partial charge in [0.1, 0.15) is 0 Å². The molecule has 1 heterocycles. The average molecular weight is 266 g/mol. The van der Waals surface area contributed by atoms with Gasteiger partial charge in [-0.2, -0.15) is 5.10 Å².